The van der Waals surface area contributed by atoms with Gasteiger partial charge in [-0.3, -0.25) is 4.79 Å². The second-order valence-electron chi connectivity index (χ2n) is 5.82. The van der Waals surface area contributed by atoms with Gasteiger partial charge in [0.1, 0.15) is 17.5 Å². The van der Waals surface area contributed by atoms with Crippen molar-refractivity contribution in [2.45, 2.75) is 0 Å². The second kappa shape index (κ2) is 7.46. The van der Waals surface area contributed by atoms with Crippen LogP contribution in [0.2, 0.25) is 0 Å². The van der Waals surface area contributed by atoms with E-state index in [0.29, 0.717) is 26.2 Å². The highest BCUT2D eigenvalue weighted by Crippen LogP contribution is 2.18. The fraction of sp³-hybridized carbons (Fsp3) is 0.278. The largest absolute Gasteiger partial charge is 0.374 e. The fourth-order valence-corrected chi connectivity index (χ4v) is 2.78. The van der Waals surface area contributed by atoms with Gasteiger partial charge in [-0.05, 0) is 36.4 Å². The highest BCUT2D eigenvalue weighted by molar-refractivity contribution is 5.81. The molecule has 1 amide bonds. The average molecular weight is 349 g/mol. The number of amides is 1. The maximum atomic E-state index is 13.5. The van der Waals surface area contributed by atoms with Gasteiger partial charge in [0.15, 0.2) is 0 Å². The van der Waals surface area contributed by atoms with Crippen LogP contribution in [-0.2, 0) is 4.79 Å². The number of piperazine rings is 1. The van der Waals surface area contributed by atoms with Crippen LogP contribution >= 0.6 is 0 Å². The molecule has 7 heteroatoms. The van der Waals surface area contributed by atoms with Crippen LogP contribution in [0.3, 0.4) is 0 Å². The third-order valence-electron chi connectivity index (χ3n) is 4.19. The summed E-state index contributed by atoms with van der Waals surface area (Å²) in [4.78, 5) is 16.0. The lowest BCUT2D eigenvalue weighted by atomic mass is 10.2. The van der Waals surface area contributed by atoms with E-state index in [0.717, 1.165) is 17.8 Å². The highest BCUT2D eigenvalue weighted by Gasteiger charge is 2.21. The number of nitrogens with one attached hydrogen (secondary N) is 1. The van der Waals surface area contributed by atoms with E-state index in [2.05, 4.69) is 10.2 Å². The number of anilines is 2. The molecule has 1 fully saturated rings. The molecule has 0 atom stereocenters. The molecule has 1 saturated heterocycles. The molecule has 1 aliphatic rings. The second-order valence-corrected chi connectivity index (χ2v) is 5.82. The summed E-state index contributed by atoms with van der Waals surface area (Å²) in [7, 11) is 0. The van der Waals surface area contributed by atoms with Gasteiger partial charge in [-0.25, -0.2) is 13.2 Å². The number of hydrogen-bond donors (Lipinski definition) is 1. The topological polar surface area (TPSA) is 35.6 Å². The molecule has 1 aliphatic heterocycles. The number of halogens is 3. The van der Waals surface area contributed by atoms with Gasteiger partial charge in [-0.2, -0.15) is 0 Å². The Bertz CT molecular complexity index is 744. The Hall–Kier alpha value is -2.70. The van der Waals surface area contributed by atoms with Gasteiger partial charge in [-0.1, -0.05) is 0 Å². The molecule has 2 aromatic carbocycles. The van der Waals surface area contributed by atoms with Crippen LogP contribution in [0.5, 0.6) is 0 Å². The first kappa shape index (κ1) is 17.1. The van der Waals surface area contributed by atoms with Crippen molar-refractivity contribution in [3.8, 4) is 0 Å². The van der Waals surface area contributed by atoms with Crippen LogP contribution in [0.1, 0.15) is 0 Å². The van der Waals surface area contributed by atoms with Gasteiger partial charge in [0.25, 0.3) is 0 Å². The minimum absolute atomic E-state index is 0.0564. The fourth-order valence-electron chi connectivity index (χ4n) is 2.78. The van der Waals surface area contributed by atoms with Crippen molar-refractivity contribution in [2.24, 2.45) is 0 Å². The quantitative estimate of drug-likeness (QED) is 0.922. The predicted octanol–water partition coefficient (Wildman–Crippen LogP) is 2.86. The van der Waals surface area contributed by atoms with Crippen LogP contribution in [-0.4, -0.2) is 43.5 Å². The van der Waals surface area contributed by atoms with Gasteiger partial charge in [0.2, 0.25) is 5.91 Å². The summed E-state index contributed by atoms with van der Waals surface area (Å²) < 4.78 is 39.4. The summed E-state index contributed by atoms with van der Waals surface area (Å²) in [5, 5.41) is 2.70. The van der Waals surface area contributed by atoms with E-state index in [1.54, 1.807) is 17.0 Å². The summed E-state index contributed by atoms with van der Waals surface area (Å²) in [5.74, 6) is -1.82. The molecule has 4 nitrogen and oxygen atoms in total. The van der Waals surface area contributed by atoms with Crippen LogP contribution in [0.25, 0.3) is 0 Å². The highest BCUT2D eigenvalue weighted by atomic mass is 19.1. The third kappa shape index (κ3) is 4.23. The van der Waals surface area contributed by atoms with Gasteiger partial charge >= 0.3 is 0 Å². The molecule has 1 N–H and O–H groups in total. The van der Waals surface area contributed by atoms with Crippen molar-refractivity contribution >= 4 is 17.3 Å². The molecule has 0 radical (unpaired) electrons. The Balaban J connectivity index is 1.50. The Morgan fingerprint density at radius 3 is 2.20 bits per heavy atom. The molecule has 132 valence electrons. The molecule has 0 aliphatic carbocycles. The zero-order valence-electron chi connectivity index (χ0n) is 13.5. The van der Waals surface area contributed by atoms with Crippen molar-refractivity contribution in [3.05, 3.63) is 59.9 Å². The standard InChI is InChI=1S/C18H18F3N3O/c19-13-1-4-15(5-2-13)23-7-9-24(10-8-23)18(25)12-22-17-6-3-14(20)11-16(17)21/h1-6,11,22H,7-10,12H2. The molecule has 0 spiro atoms. The van der Waals surface area contributed by atoms with E-state index in [-0.39, 0.29) is 24.0 Å². The third-order valence-corrected chi connectivity index (χ3v) is 4.19. The van der Waals surface area contributed by atoms with Gasteiger partial charge in [-0.15, -0.1) is 0 Å². The van der Waals surface area contributed by atoms with E-state index >= 15 is 0 Å². The maximum Gasteiger partial charge on any atom is 0.241 e. The Labute approximate surface area is 143 Å². The van der Waals surface area contributed by atoms with E-state index in [9.17, 15) is 18.0 Å². The number of carbonyl (C=O) groups is 1. The van der Waals surface area contributed by atoms with Gasteiger partial charge < -0.3 is 15.1 Å². The van der Waals surface area contributed by atoms with Crippen molar-refractivity contribution in [3.63, 3.8) is 0 Å². The van der Waals surface area contributed by atoms with E-state index in [4.69, 9.17) is 0 Å². The zero-order valence-corrected chi connectivity index (χ0v) is 13.5. The van der Waals surface area contributed by atoms with Crippen molar-refractivity contribution in [1.82, 2.24) is 4.90 Å². The summed E-state index contributed by atoms with van der Waals surface area (Å²) >= 11 is 0. The summed E-state index contributed by atoms with van der Waals surface area (Å²) in [6, 6.07) is 9.43. The summed E-state index contributed by atoms with van der Waals surface area (Å²) in [6.07, 6.45) is 0. The van der Waals surface area contributed by atoms with Crippen molar-refractivity contribution < 1.29 is 18.0 Å². The van der Waals surface area contributed by atoms with Gasteiger partial charge in [0, 0.05) is 37.9 Å². The lowest BCUT2D eigenvalue weighted by molar-refractivity contribution is -0.129. The SMILES string of the molecule is O=C(CNc1ccc(F)cc1F)N1CCN(c2ccc(F)cc2)CC1. The lowest BCUT2D eigenvalue weighted by Crippen LogP contribution is -2.50. The first-order chi connectivity index (χ1) is 12.0. The number of nitrogens with zero attached hydrogens (tertiary/aromatic N) is 2. The summed E-state index contributed by atoms with van der Waals surface area (Å²) in [5.41, 5.74) is 1.01. The van der Waals surface area contributed by atoms with Crippen LogP contribution in [0.15, 0.2) is 42.5 Å². The van der Waals surface area contributed by atoms with E-state index in [1.165, 1.54) is 18.2 Å². The Morgan fingerprint density at radius 1 is 0.920 bits per heavy atom. The van der Waals surface area contributed by atoms with Gasteiger partial charge in [0.05, 0.1) is 12.2 Å². The molecule has 0 unspecified atom stereocenters. The summed E-state index contributed by atoms with van der Waals surface area (Å²) in [6.45, 7) is 2.29. The van der Waals surface area contributed by atoms with E-state index in [1.807, 2.05) is 0 Å². The molecule has 2 aromatic rings. The minimum atomic E-state index is -0.728. The molecular weight excluding hydrogens is 331 g/mol. The first-order valence-electron chi connectivity index (χ1n) is 8.00. The Kier molecular flexibility index (Phi) is 5.11. The molecular formula is C18H18F3N3O. The molecule has 1 heterocycles. The first-order valence-corrected chi connectivity index (χ1v) is 8.00. The lowest BCUT2D eigenvalue weighted by Gasteiger charge is -2.36. The monoisotopic (exact) mass is 349 g/mol. The van der Waals surface area contributed by atoms with Crippen LogP contribution in [0.4, 0.5) is 24.5 Å². The van der Waals surface area contributed by atoms with Crippen molar-refractivity contribution in [2.75, 3.05) is 42.9 Å². The molecule has 3 rings (SSSR count). The number of benzene rings is 2. The van der Waals surface area contributed by atoms with Crippen LogP contribution in [0, 0.1) is 17.5 Å². The predicted molar refractivity (Wildman–Crippen MR) is 90.0 cm³/mol. The maximum absolute atomic E-state index is 13.5. The number of carbonyl (C=O) groups excluding carboxylic acids is 1. The molecule has 0 aromatic heterocycles. The van der Waals surface area contributed by atoms with Crippen molar-refractivity contribution in [1.29, 1.82) is 0 Å². The normalized spacial score (nSPS) is 14.5. The average Bonchev–Trinajstić information content (AvgIpc) is 2.61. The molecule has 0 bridgehead atoms. The zero-order chi connectivity index (χ0) is 17.8. The molecule has 25 heavy (non-hydrogen) atoms. The number of rotatable bonds is 4. The minimum Gasteiger partial charge on any atom is -0.374 e. The molecule has 0 saturated carbocycles. The number of hydrogen-bond acceptors (Lipinski definition) is 3. The van der Waals surface area contributed by atoms with E-state index < -0.39 is 11.6 Å². The van der Waals surface area contributed by atoms with Crippen LogP contribution < -0.4 is 10.2 Å². The smallest absolute Gasteiger partial charge is 0.241 e. The Morgan fingerprint density at radius 2 is 1.56 bits per heavy atom.